The second-order valence-electron chi connectivity index (χ2n) is 5.64. The van der Waals surface area contributed by atoms with Gasteiger partial charge in [0, 0.05) is 22.8 Å². The van der Waals surface area contributed by atoms with Crippen LogP contribution in [-0.2, 0) is 14.4 Å². The van der Waals surface area contributed by atoms with E-state index in [2.05, 4.69) is 19.7 Å². The van der Waals surface area contributed by atoms with E-state index in [1.165, 1.54) is 0 Å². The standard InChI is InChI=1S/C8H16N2O.C6H11NO.C4H7NO.ClH/c1-5-7(10(3)4)6(2)8(9)11;1-3-4-5(2)6(7)8;1-3(2)4(5)6;/h7H,2,5H2,1,3-4H3,(H2,9,11);2-4H2,1H3,(H2,7,8);1H2,2H3,(H2,5,6);1H. The monoisotopic (exact) mass is 390 g/mol. The van der Waals surface area contributed by atoms with Crippen molar-refractivity contribution in [3.8, 4) is 0 Å². The molecule has 1 atom stereocenters. The summed E-state index contributed by atoms with van der Waals surface area (Å²) in [6.45, 7) is 15.9. The molecule has 1 unspecified atom stereocenters. The minimum Gasteiger partial charge on any atom is -0.366 e. The SMILES string of the molecule is C=C(C(N)=O)C(CC)N(C)C.C=C(C)C(N)=O.C=C(CCC)C(N)=O.Cl. The Morgan fingerprint density at radius 2 is 1.31 bits per heavy atom. The van der Waals surface area contributed by atoms with Crippen LogP contribution in [0.15, 0.2) is 36.5 Å². The Kier molecular flexibility index (Phi) is 21.5. The number of hydrogen-bond acceptors (Lipinski definition) is 4. The topological polar surface area (TPSA) is 133 Å². The molecule has 3 amide bonds. The molecule has 0 radical (unpaired) electrons. The van der Waals surface area contributed by atoms with Crippen molar-refractivity contribution in [3.05, 3.63) is 36.5 Å². The van der Waals surface area contributed by atoms with E-state index in [4.69, 9.17) is 17.2 Å². The van der Waals surface area contributed by atoms with Gasteiger partial charge in [-0.3, -0.25) is 14.4 Å². The van der Waals surface area contributed by atoms with Crippen LogP contribution in [0.4, 0.5) is 0 Å². The lowest BCUT2D eigenvalue weighted by molar-refractivity contribution is -0.115. The fourth-order valence-corrected chi connectivity index (χ4v) is 1.51. The number of hydrogen-bond donors (Lipinski definition) is 3. The maximum Gasteiger partial charge on any atom is 0.245 e. The predicted octanol–water partition coefficient (Wildman–Crippen LogP) is 1.67. The van der Waals surface area contributed by atoms with E-state index >= 15 is 0 Å². The van der Waals surface area contributed by atoms with Crippen molar-refractivity contribution < 1.29 is 14.4 Å². The number of rotatable bonds is 8. The van der Waals surface area contributed by atoms with Gasteiger partial charge < -0.3 is 22.1 Å². The molecule has 0 heterocycles. The number of halogens is 1. The van der Waals surface area contributed by atoms with E-state index < -0.39 is 11.8 Å². The summed E-state index contributed by atoms with van der Waals surface area (Å²) in [4.78, 5) is 32.7. The number of likely N-dealkylation sites (N-methyl/N-ethyl adjacent to an activating group) is 1. The first-order chi connectivity index (χ1) is 11.3. The quantitative estimate of drug-likeness (QED) is 0.543. The lowest BCUT2D eigenvalue weighted by Gasteiger charge is -2.22. The highest BCUT2D eigenvalue weighted by molar-refractivity contribution is 5.92. The number of carbonyl (C=O) groups is 3. The highest BCUT2D eigenvalue weighted by atomic mass is 35.5. The molecule has 0 aromatic carbocycles. The van der Waals surface area contributed by atoms with Gasteiger partial charge in [-0.15, -0.1) is 12.4 Å². The molecule has 0 bridgehead atoms. The van der Waals surface area contributed by atoms with Crippen LogP contribution in [0.25, 0.3) is 0 Å². The third-order valence-electron chi connectivity index (χ3n) is 3.05. The van der Waals surface area contributed by atoms with Gasteiger partial charge in [-0.1, -0.05) is 40.0 Å². The Morgan fingerprint density at radius 3 is 1.38 bits per heavy atom. The minimum absolute atomic E-state index is 0. The Labute approximate surface area is 163 Å². The van der Waals surface area contributed by atoms with Gasteiger partial charge in [0.1, 0.15) is 0 Å². The van der Waals surface area contributed by atoms with Gasteiger partial charge in [0.05, 0.1) is 0 Å². The van der Waals surface area contributed by atoms with E-state index in [1.807, 2.05) is 32.8 Å². The van der Waals surface area contributed by atoms with Gasteiger partial charge in [0.15, 0.2) is 0 Å². The summed E-state index contributed by atoms with van der Waals surface area (Å²) in [7, 11) is 3.81. The largest absolute Gasteiger partial charge is 0.366 e. The Balaban J connectivity index is -0.000000144. The van der Waals surface area contributed by atoms with E-state index in [9.17, 15) is 14.4 Å². The molecule has 0 rings (SSSR count). The van der Waals surface area contributed by atoms with Gasteiger partial charge in [0.25, 0.3) is 0 Å². The van der Waals surface area contributed by atoms with Crippen molar-refractivity contribution in [2.75, 3.05) is 14.1 Å². The van der Waals surface area contributed by atoms with Crippen LogP contribution >= 0.6 is 12.4 Å². The molecule has 0 saturated heterocycles. The summed E-state index contributed by atoms with van der Waals surface area (Å²) in [6.07, 6.45) is 2.51. The number of primary amides is 3. The van der Waals surface area contributed by atoms with Crippen LogP contribution in [0.5, 0.6) is 0 Å². The zero-order valence-corrected chi connectivity index (χ0v) is 17.4. The van der Waals surface area contributed by atoms with E-state index in [0.29, 0.717) is 16.7 Å². The maximum atomic E-state index is 10.7. The number of amides is 3. The summed E-state index contributed by atoms with van der Waals surface area (Å²) >= 11 is 0. The average Bonchev–Trinajstić information content (AvgIpc) is 2.48. The highest BCUT2D eigenvalue weighted by Gasteiger charge is 2.16. The smallest absolute Gasteiger partial charge is 0.245 e. The van der Waals surface area contributed by atoms with E-state index in [0.717, 1.165) is 19.3 Å². The first-order valence-electron chi connectivity index (χ1n) is 7.91. The van der Waals surface area contributed by atoms with Crippen LogP contribution < -0.4 is 17.2 Å². The second-order valence-corrected chi connectivity index (χ2v) is 5.64. The van der Waals surface area contributed by atoms with Gasteiger partial charge in [-0.25, -0.2) is 0 Å². The Morgan fingerprint density at radius 1 is 0.923 bits per heavy atom. The first-order valence-corrected chi connectivity index (χ1v) is 7.91. The molecule has 6 N–H and O–H groups in total. The van der Waals surface area contributed by atoms with E-state index in [-0.39, 0.29) is 24.4 Å². The minimum atomic E-state index is -0.435. The summed E-state index contributed by atoms with van der Waals surface area (Å²) < 4.78 is 0. The third kappa shape index (κ3) is 18.2. The number of carbonyl (C=O) groups excluding carboxylic acids is 3. The maximum absolute atomic E-state index is 10.7. The molecule has 0 aromatic heterocycles. The molecule has 8 heteroatoms. The van der Waals surface area contributed by atoms with Crippen molar-refractivity contribution >= 4 is 30.1 Å². The van der Waals surface area contributed by atoms with Crippen molar-refractivity contribution in [1.82, 2.24) is 4.90 Å². The first kappa shape index (κ1) is 31.6. The lowest BCUT2D eigenvalue weighted by atomic mass is 10.1. The summed E-state index contributed by atoms with van der Waals surface area (Å²) in [5.41, 5.74) is 16.1. The molecule has 0 aliphatic heterocycles. The molecule has 0 saturated carbocycles. The number of nitrogens with zero attached hydrogens (tertiary/aromatic N) is 1. The van der Waals surface area contributed by atoms with Crippen LogP contribution in [0.1, 0.15) is 40.0 Å². The van der Waals surface area contributed by atoms with Crippen LogP contribution in [-0.4, -0.2) is 42.8 Å². The molecule has 0 aliphatic carbocycles. The average molecular weight is 391 g/mol. The number of nitrogens with two attached hydrogens (primary N) is 3. The van der Waals surface area contributed by atoms with Crippen LogP contribution in [0, 0.1) is 0 Å². The highest BCUT2D eigenvalue weighted by Crippen LogP contribution is 2.08. The Bertz CT molecular complexity index is 491. The molecule has 7 nitrogen and oxygen atoms in total. The second kappa shape index (κ2) is 17.7. The molecule has 0 aromatic rings. The fourth-order valence-electron chi connectivity index (χ4n) is 1.51. The molecule has 26 heavy (non-hydrogen) atoms. The molecular formula is C18H35ClN4O3. The summed E-state index contributed by atoms with van der Waals surface area (Å²) in [5.74, 6) is -1.23. The summed E-state index contributed by atoms with van der Waals surface area (Å²) in [5, 5.41) is 0. The molecular weight excluding hydrogens is 356 g/mol. The Hall–Kier alpha value is -2.12. The van der Waals surface area contributed by atoms with Crippen LogP contribution in [0.3, 0.4) is 0 Å². The molecule has 0 spiro atoms. The summed E-state index contributed by atoms with van der Waals surface area (Å²) in [6, 6.07) is 0.0764. The van der Waals surface area contributed by atoms with Gasteiger partial charge in [0.2, 0.25) is 17.7 Å². The third-order valence-corrected chi connectivity index (χ3v) is 3.05. The van der Waals surface area contributed by atoms with Crippen molar-refractivity contribution in [2.24, 2.45) is 17.2 Å². The van der Waals surface area contributed by atoms with Crippen molar-refractivity contribution in [1.29, 1.82) is 0 Å². The van der Waals surface area contributed by atoms with Crippen molar-refractivity contribution in [2.45, 2.75) is 46.1 Å². The van der Waals surface area contributed by atoms with Crippen LogP contribution in [0.2, 0.25) is 0 Å². The predicted molar refractivity (Wildman–Crippen MR) is 111 cm³/mol. The van der Waals surface area contributed by atoms with E-state index in [1.54, 1.807) is 6.92 Å². The normalized spacial score (nSPS) is 9.92. The zero-order chi connectivity index (χ0) is 20.7. The molecule has 152 valence electrons. The fraction of sp³-hybridized carbons (Fsp3) is 0.500. The van der Waals surface area contributed by atoms with Gasteiger partial charge in [-0.2, -0.15) is 0 Å². The van der Waals surface area contributed by atoms with Gasteiger partial charge >= 0.3 is 0 Å². The van der Waals surface area contributed by atoms with Gasteiger partial charge in [-0.05, 0) is 33.9 Å². The lowest BCUT2D eigenvalue weighted by Crippen LogP contribution is -2.34. The zero-order valence-electron chi connectivity index (χ0n) is 16.6. The molecule has 0 aliphatic rings. The molecule has 0 fully saturated rings. The van der Waals surface area contributed by atoms with Crippen molar-refractivity contribution in [3.63, 3.8) is 0 Å².